The number of hydrogen-bond donors (Lipinski definition) is 2. The van der Waals surface area contributed by atoms with Crippen LogP contribution < -0.4 is 15.5 Å². The van der Waals surface area contributed by atoms with Gasteiger partial charge < -0.3 is 24.8 Å². The highest BCUT2D eigenvalue weighted by molar-refractivity contribution is 8.32. The van der Waals surface area contributed by atoms with Crippen LogP contribution in [-0.2, 0) is 32.0 Å². The van der Waals surface area contributed by atoms with Crippen molar-refractivity contribution in [1.82, 2.24) is 15.6 Å². The van der Waals surface area contributed by atoms with Crippen molar-refractivity contribution >= 4 is 50.8 Å². The Morgan fingerprint density at radius 3 is 2.04 bits per heavy atom. The molecule has 0 unspecified atom stereocenters. The normalized spacial score (nSPS) is 12.9. The Bertz CT molecular complexity index is 1660. The van der Waals surface area contributed by atoms with Gasteiger partial charge in [-0.1, -0.05) is 18.2 Å². The third-order valence-electron chi connectivity index (χ3n) is 6.60. The molecule has 0 radical (unpaired) electrons. The van der Waals surface area contributed by atoms with Gasteiger partial charge in [0.05, 0.1) is 0 Å². The summed E-state index contributed by atoms with van der Waals surface area (Å²) in [7, 11) is -0.922. The molecule has 0 saturated carbocycles. The van der Waals surface area contributed by atoms with Gasteiger partial charge in [0.25, 0.3) is 0 Å². The molecule has 0 aliphatic rings. The molecule has 3 rings (SSSR count). The molecule has 268 valence electrons. The fourth-order valence-electron chi connectivity index (χ4n) is 4.35. The van der Waals surface area contributed by atoms with Crippen LogP contribution in [0.2, 0.25) is 0 Å². The van der Waals surface area contributed by atoms with E-state index in [1.54, 1.807) is 65.8 Å². The molecule has 11 nitrogen and oxygen atoms in total. The Morgan fingerprint density at radius 1 is 0.857 bits per heavy atom. The fraction of sp³-hybridized carbons (Fsp3) is 0.457. The van der Waals surface area contributed by atoms with E-state index in [1.165, 1.54) is 12.3 Å². The molecule has 0 aliphatic carbocycles. The van der Waals surface area contributed by atoms with Crippen LogP contribution >= 0.6 is 10.0 Å². The van der Waals surface area contributed by atoms with Crippen molar-refractivity contribution in [1.29, 1.82) is 0 Å². The number of hydrogen-bond acceptors (Lipinski definition) is 8. The highest BCUT2D eigenvalue weighted by Gasteiger charge is 2.34. The van der Waals surface area contributed by atoms with Crippen molar-refractivity contribution in [3.05, 3.63) is 71.4 Å². The van der Waals surface area contributed by atoms with E-state index in [1.807, 2.05) is 0 Å². The Balaban J connectivity index is 1.84. The molecule has 2 aromatic carbocycles. The number of anilines is 1. The molecule has 0 fully saturated rings. The van der Waals surface area contributed by atoms with Gasteiger partial charge in [-0.3, -0.25) is 4.79 Å². The average molecular weight is 705 g/mol. The van der Waals surface area contributed by atoms with Crippen LogP contribution in [0.4, 0.5) is 29.0 Å². The maximum Gasteiger partial charge on any atom is 0.425 e. The van der Waals surface area contributed by atoms with Crippen LogP contribution in [0.15, 0.2) is 48.7 Å². The smallest absolute Gasteiger partial charge is 0.425 e. The molecule has 0 aliphatic heterocycles. The fourth-order valence-corrected chi connectivity index (χ4v) is 4.94. The van der Waals surface area contributed by atoms with Crippen molar-refractivity contribution < 1.29 is 42.2 Å². The van der Waals surface area contributed by atoms with Crippen LogP contribution in [0.3, 0.4) is 0 Å². The van der Waals surface area contributed by atoms with Gasteiger partial charge in [-0.25, -0.2) is 38.2 Å². The summed E-state index contributed by atoms with van der Waals surface area (Å²) in [5.41, 5.74) is -0.880. The summed E-state index contributed by atoms with van der Waals surface area (Å²) in [4.78, 5) is 57.5. The minimum atomic E-state index is -1.16. The molecule has 4 amide bonds. The Labute approximate surface area is 287 Å². The summed E-state index contributed by atoms with van der Waals surface area (Å²) >= 11 is 0. The molecule has 2 N–H and O–H groups in total. The number of ether oxygens (including phenoxy) is 3. The van der Waals surface area contributed by atoms with E-state index in [2.05, 4.69) is 34.4 Å². The van der Waals surface area contributed by atoms with Gasteiger partial charge in [0.2, 0.25) is 5.91 Å². The average Bonchev–Trinajstić information content (AvgIpc) is 2.95. The molecular formula is C35H46F2N4O7S. The molecule has 14 heteroatoms. The van der Waals surface area contributed by atoms with E-state index in [0.29, 0.717) is 27.7 Å². The number of imide groups is 1. The number of carbonyl (C=O) groups excluding carboxylic acids is 4. The third-order valence-corrected chi connectivity index (χ3v) is 7.99. The van der Waals surface area contributed by atoms with Crippen molar-refractivity contribution in [3.63, 3.8) is 0 Å². The summed E-state index contributed by atoms with van der Waals surface area (Å²) < 4.78 is 43.7. The first-order valence-electron chi connectivity index (χ1n) is 15.6. The monoisotopic (exact) mass is 704 g/mol. The van der Waals surface area contributed by atoms with E-state index in [0.717, 1.165) is 17.0 Å². The maximum absolute atomic E-state index is 13.9. The lowest BCUT2D eigenvalue weighted by Crippen LogP contribution is -2.48. The van der Waals surface area contributed by atoms with Crippen LogP contribution in [0, 0.1) is 11.6 Å². The Kier molecular flexibility index (Phi) is 12.6. The van der Waals surface area contributed by atoms with E-state index in [4.69, 9.17) is 14.2 Å². The van der Waals surface area contributed by atoms with Crippen LogP contribution in [0.25, 0.3) is 10.8 Å². The van der Waals surface area contributed by atoms with Gasteiger partial charge in [-0.15, -0.1) is 0 Å². The highest BCUT2D eigenvalue weighted by atomic mass is 32.3. The van der Waals surface area contributed by atoms with Crippen LogP contribution in [0.5, 0.6) is 0 Å². The molecule has 1 aromatic heterocycles. The first-order valence-corrected chi connectivity index (χ1v) is 18.6. The molecule has 0 bridgehead atoms. The summed E-state index contributed by atoms with van der Waals surface area (Å²) in [5.74, 6) is -2.02. The lowest BCUT2D eigenvalue weighted by Gasteiger charge is -2.28. The second-order valence-electron chi connectivity index (χ2n) is 14.3. The standard InChI is InChI=1S/C35H46F2N4O7S/c1-34(2,3)47-32(44)41(33(45)48-35(4,5)6)29-25-12-10-23(18-24(25)14-15-38-29)21-39-30(42)28(20-22-11-13-26(36)27(37)19-22)40-31(43)46-16-17-49(7,8)9/h10-15,18-19,28H,16-17,20-21H2,1-9H3,(H,39,42)(H,40,43)/t28-/m0/s1. The summed E-state index contributed by atoms with van der Waals surface area (Å²) in [5, 5.41) is 6.35. The number of nitrogens with one attached hydrogen (secondary N) is 2. The van der Waals surface area contributed by atoms with E-state index in [-0.39, 0.29) is 25.4 Å². The highest BCUT2D eigenvalue weighted by Crippen LogP contribution is 2.33. The van der Waals surface area contributed by atoms with Crippen molar-refractivity contribution in [2.75, 3.05) is 36.0 Å². The quantitative estimate of drug-likeness (QED) is 0.219. The molecular weight excluding hydrogens is 658 g/mol. The molecule has 0 spiro atoms. The molecule has 3 aromatic rings. The lowest BCUT2D eigenvalue weighted by molar-refractivity contribution is -0.123. The zero-order valence-electron chi connectivity index (χ0n) is 29.4. The van der Waals surface area contributed by atoms with Gasteiger partial charge in [-0.05, 0) is 101 Å². The predicted octanol–water partition coefficient (Wildman–Crippen LogP) is 6.84. The minimum Gasteiger partial charge on any atom is -0.449 e. The van der Waals surface area contributed by atoms with Gasteiger partial charge >= 0.3 is 18.3 Å². The number of pyridine rings is 1. The number of carbonyl (C=O) groups is 4. The number of nitrogens with zero attached hydrogens (tertiary/aromatic N) is 2. The van der Waals surface area contributed by atoms with E-state index in [9.17, 15) is 28.0 Å². The number of alkyl carbamates (subject to hydrolysis) is 1. The predicted molar refractivity (Wildman–Crippen MR) is 187 cm³/mol. The largest absolute Gasteiger partial charge is 0.449 e. The Hall–Kier alpha value is -4.46. The summed E-state index contributed by atoms with van der Waals surface area (Å²) in [6, 6.07) is 8.84. The summed E-state index contributed by atoms with van der Waals surface area (Å²) in [6.07, 6.45) is 4.81. The lowest BCUT2D eigenvalue weighted by atomic mass is 10.0. The van der Waals surface area contributed by atoms with Crippen LogP contribution in [0.1, 0.15) is 52.7 Å². The number of benzene rings is 2. The second kappa shape index (κ2) is 15.8. The summed E-state index contributed by atoms with van der Waals surface area (Å²) in [6.45, 7) is 10.2. The molecule has 0 saturated heterocycles. The minimum absolute atomic E-state index is 0.000970. The first kappa shape index (κ1) is 39.0. The number of rotatable bonds is 10. The van der Waals surface area contributed by atoms with Crippen molar-refractivity contribution in [2.24, 2.45) is 0 Å². The zero-order valence-corrected chi connectivity index (χ0v) is 30.3. The molecule has 1 heterocycles. The Morgan fingerprint density at radius 2 is 1.47 bits per heavy atom. The van der Waals surface area contributed by atoms with E-state index >= 15 is 0 Å². The topological polar surface area (TPSA) is 136 Å². The number of fused-ring (bicyclic) bond motifs is 1. The first-order chi connectivity index (χ1) is 22.6. The van der Waals surface area contributed by atoms with Crippen molar-refractivity contribution in [2.45, 2.75) is 71.8 Å². The third kappa shape index (κ3) is 12.5. The second-order valence-corrected chi connectivity index (χ2v) is 18.9. The molecule has 1 atom stereocenters. The van der Waals surface area contributed by atoms with Gasteiger partial charge in [0.1, 0.15) is 23.9 Å². The zero-order chi connectivity index (χ0) is 36.7. The molecule has 49 heavy (non-hydrogen) atoms. The maximum atomic E-state index is 13.9. The van der Waals surface area contributed by atoms with Crippen molar-refractivity contribution in [3.8, 4) is 0 Å². The number of halogens is 2. The van der Waals surface area contributed by atoms with E-state index < -0.39 is 63.1 Å². The van der Waals surface area contributed by atoms with Gasteiger partial charge in [0.15, 0.2) is 17.5 Å². The number of aromatic nitrogens is 1. The van der Waals surface area contributed by atoms with Crippen LogP contribution in [-0.4, -0.2) is 77.5 Å². The van der Waals surface area contributed by atoms with Gasteiger partial charge in [0, 0.05) is 30.3 Å². The van der Waals surface area contributed by atoms with Gasteiger partial charge in [-0.2, -0.15) is 4.90 Å². The SMILES string of the molecule is CC(C)(C)OC(=O)N(C(=O)OC(C)(C)C)c1nccc2cc(CNC(=O)[C@H](Cc3ccc(F)c(F)c3)NC(=O)OCCS(C)(C)C)ccc12. The number of amides is 4.